The van der Waals surface area contributed by atoms with E-state index in [1.54, 1.807) is 0 Å². The monoisotopic (exact) mass is 352 g/mol. The van der Waals surface area contributed by atoms with Gasteiger partial charge in [-0.2, -0.15) is 0 Å². The van der Waals surface area contributed by atoms with Crippen LogP contribution >= 0.6 is 0 Å². The second-order valence-corrected chi connectivity index (χ2v) is 6.16. The van der Waals surface area contributed by atoms with Crippen LogP contribution in [0.15, 0.2) is 54.6 Å². The third-order valence-electron chi connectivity index (χ3n) is 4.21. The third kappa shape index (κ3) is 3.68. The number of rotatable bonds is 5. The van der Waals surface area contributed by atoms with Crippen molar-refractivity contribution in [3.63, 3.8) is 0 Å². The predicted molar refractivity (Wildman–Crippen MR) is 98.5 cm³/mol. The van der Waals surface area contributed by atoms with Gasteiger partial charge < -0.3 is 14.6 Å². The Balaban J connectivity index is 1.86. The maximum absolute atomic E-state index is 12.2. The van der Waals surface area contributed by atoms with Crippen molar-refractivity contribution in [2.45, 2.75) is 32.7 Å². The molecule has 26 heavy (non-hydrogen) atoms. The Morgan fingerprint density at radius 1 is 0.923 bits per heavy atom. The van der Waals surface area contributed by atoms with Crippen LogP contribution in [-0.2, 0) is 25.7 Å². The molecule has 3 aromatic carbocycles. The molecule has 1 N–H and O–H groups in total. The van der Waals surface area contributed by atoms with Crippen molar-refractivity contribution in [3.05, 3.63) is 60.2 Å². The molecule has 0 saturated heterocycles. The molecule has 134 valence electrons. The molecule has 0 spiro atoms. The molecule has 3 aromatic rings. The van der Waals surface area contributed by atoms with Crippen LogP contribution in [0.3, 0.4) is 0 Å². The second kappa shape index (κ2) is 7.54. The molecule has 0 amide bonds. The summed E-state index contributed by atoms with van der Waals surface area (Å²) in [5.74, 6) is -1.51. The summed E-state index contributed by atoms with van der Waals surface area (Å²) in [4.78, 5) is 23.6. The van der Waals surface area contributed by atoms with Crippen LogP contribution in [0.1, 0.15) is 19.4 Å². The van der Waals surface area contributed by atoms with Gasteiger partial charge in [-0.05, 0) is 41.5 Å². The molecule has 0 radical (unpaired) electrons. The van der Waals surface area contributed by atoms with Gasteiger partial charge in [-0.15, -0.1) is 0 Å². The van der Waals surface area contributed by atoms with Crippen molar-refractivity contribution < 1.29 is 24.2 Å². The Kier molecular flexibility index (Phi) is 5.19. The molecule has 0 aliphatic carbocycles. The van der Waals surface area contributed by atoms with Gasteiger partial charge in [0.2, 0.25) is 0 Å². The summed E-state index contributed by atoms with van der Waals surface area (Å²) in [7, 11) is 0. The first-order valence-corrected chi connectivity index (χ1v) is 8.42. The number of carbonyl (C=O) groups is 2. The third-order valence-corrected chi connectivity index (χ3v) is 4.21. The fourth-order valence-corrected chi connectivity index (χ4v) is 2.84. The maximum Gasteiger partial charge on any atom is 0.347 e. The van der Waals surface area contributed by atoms with E-state index < -0.39 is 24.1 Å². The molecular weight excluding hydrogens is 332 g/mol. The Morgan fingerprint density at radius 2 is 1.46 bits per heavy atom. The lowest BCUT2D eigenvalue weighted by Gasteiger charge is -2.15. The van der Waals surface area contributed by atoms with Gasteiger partial charge in [0.15, 0.2) is 6.10 Å². The maximum atomic E-state index is 12.2. The van der Waals surface area contributed by atoms with E-state index in [2.05, 4.69) is 6.07 Å². The number of aliphatic hydroxyl groups is 1. The molecule has 0 fully saturated rings. The highest BCUT2D eigenvalue weighted by molar-refractivity contribution is 6.02. The van der Waals surface area contributed by atoms with Gasteiger partial charge in [0, 0.05) is 5.56 Å². The van der Waals surface area contributed by atoms with E-state index in [0.717, 1.165) is 27.1 Å². The van der Waals surface area contributed by atoms with E-state index in [0.29, 0.717) is 0 Å². The standard InChI is InChI=1S/C21H20O5/c1-13(22)20(23)26-14(2)21(24)25-12-19-17-9-5-3-7-15(17)11-16-8-4-6-10-18(16)19/h3-11,13-14,22H,12H2,1-2H3/t13-,14-/m0/s1. The molecule has 2 atom stereocenters. The Bertz CT molecular complexity index is 907. The number of esters is 2. The molecular formula is C21H20O5. The highest BCUT2D eigenvalue weighted by atomic mass is 16.6. The minimum Gasteiger partial charge on any atom is -0.458 e. The number of hydrogen-bond acceptors (Lipinski definition) is 5. The average Bonchev–Trinajstić information content (AvgIpc) is 2.64. The smallest absolute Gasteiger partial charge is 0.347 e. The number of aliphatic hydroxyl groups excluding tert-OH is 1. The first-order chi connectivity index (χ1) is 12.5. The van der Waals surface area contributed by atoms with Crippen LogP contribution in [0.2, 0.25) is 0 Å². The number of ether oxygens (including phenoxy) is 2. The van der Waals surface area contributed by atoms with Gasteiger partial charge in [0.25, 0.3) is 0 Å². The van der Waals surface area contributed by atoms with Gasteiger partial charge in [-0.3, -0.25) is 0 Å². The van der Waals surface area contributed by atoms with E-state index in [4.69, 9.17) is 14.6 Å². The highest BCUT2D eigenvalue weighted by Crippen LogP contribution is 2.29. The quantitative estimate of drug-likeness (QED) is 0.563. The van der Waals surface area contributed by atoms with Crippen molar-refractivity contribution in [2.75, 3.05) is 0 Å². The van der Waals surface area contributed by atoms with E-state index in [9.17, 15) is 9.59 Å². The summed E-state index contributed by atoms with van der Waals surface area (Å²) in [5.41, 5.74) is 0.904. The number of fused-ring (bicyclic) bond motifs is 2. The molecule has 3 rings (SSSR count). The summed E-state index contributed by atoms with van der Waals surface area (Å²) in [5, 5.41) is 13.3. The topological polar surface area (TPSA) is 72.8 Å². The first kappa shape index (κ1) is 17.9. The number of benzene rings is 3. The van der Waals surface area contributed by atoms with Gasteiger partial charge in [-0.25, -0.2) is 9.59 Å². The van der Waals surface area contributed by atoms with Gasteiger partial charge in [0.1, 0.15) is 12.7 Å². The second-order valence-electron chi connectivity index (χ2n) is 6.16. The van der Waals surface area contributed by atoms with Crippen molar-refractivity contribution >= 4 is 33.5 Å². The lowest BCUT2D eigenvalue weighted by molar-refractivity contribution is -0.171. The summed E-state index contributed by atoms with van der Waals surface area (Å²) in [6.07, 6.45) is -2.37. The average molecular weight is 352 g/mol. The minimum absolute atomic E-state index is 0.0667. The minimum atomic E-state index is -1.28. The molecule has 0 aromatic heterocycles. The fraction of sp³-hybridized carbons (Fsp3) is 0.238. The molecule has 0 unspecified atom stereocenters. The SMILES string of the molecule is C[C@H](O)C(=O)O[C@@H](C)C(=O)OCc1c2ccccc2cc2ccccc12. The van der Waals surface area contributed by atoms with E-state index in [-0.39, 0.29) is 6.61 Å². The summed E-state index contributed by atoms with van der Waals surface area (Å²) in [6.45, 7) is 2.77. The fourth-order valence-electron chi connectivity index (χ4n) is 2.84. The van der Waals surface area contributed by atoms with Gasteiger partial charge in [0.05, 0.1) is 0 Å². The van der Waals surface area contributed by atoms with E-state index in [1.165, 1.54) is 13.8 Å². The van der Waals surface area contributed by atoms with Crippen LogP contribution in [0, 0.1) is 0 Å². The van der Waals surface area contributed by atoms with Crippen LogP contribution < -0.4 is 0 Å². The molecule has 0 bridgehead atoms. The largest absolute Gasteiger partial charge is 0.458 e. The normalized spacial score (nSPS) is 13.3. The number of carbonyl (C=O) groups excluding carboxylic acids is 2. The van der Waals surface area contributed by atoms with Crippen LogP contribution in [0.4, 0.5) is 0 Å². The molecule has 0 heterocycles. The Morgan fingerprint density at radius 3 is 2.00 bits per heavy atom. The zero-order chi connectivity index (χ0) is 18.7. The molecule has 0 aliphatic rings. The first-order valence-electron chi connectivity index (χ1n) is 8.42. The van der Waals surface area contributed by atoms with Crippen LogP contribution in [0.5, 0.6) is 0 Å². The van der Waals surface area contributed by atoms with Crippen LogP contribution in [-0.4, -0.2) is 29.3 Å². The van der Waals surface area contributed by atoms with Crippen molar-refractivity contribution in [3.8, 4) is 0 Å². The predicted octanol–water partition coefficient (Wildman–Crippen LogP) is 3.35. The lowest BCUT2D eigenvalue weighted by atomic mass is 9.97. The van der Waals surface area contributed by atoms with Gasteiger partial charge >= 0.3 is 11.9 Å². The molecule has 0 aliphatic heterocycles. The summed E-state index contributed by atoms with van der Waals surface area (Å²) >= 11 is 0. The molecule has 5 nitrogen and oxygen atoms in total. The van der Waals surface area contributed by atoms with Crippen molar-refractivity contribution in [2.24, 2.45) is 0 Å². The van der Waals surface area contributed by atoms with Crippen molar-refractivity contribution in [1.29, 1.82) is 0 Å². The van der Waals surface area contributed by atoms with Gasteiger partial charge in [-0.1, -0.05) is 48.5 Å². The lowest BCUT2D eigenvalue weighted by Crippen LogP contribution is -2.30. The summed E-state index contributed by atoms with van der Waals surface area (Å²) < 4.78 is 10.3. The Labute approximate surface area is 151 Å². The highest BCUT2D eigenvalue weighted by Gasteiger charge is 2.22. The zero-order valence-electron chi connectivity index (χ0n) is 14.6. The molecule has 5 heteroatoms. The van der Waals surface area contributed by atoms with E-state index >= 15 is 0 Å². The zero-order valence-corrected chi connectivity index (χ0v) is 14.6. The Hall–Kier alpha value is -2.92. The van der Waals surface area contributed by atoms with Crippen LogP contribution in [0.25, 0.3) is 21.5 Å². The number of hydrogen-bond donors (Lipinski definition) is 1. The summed E-state index contributed by atoms with van der Waals surface area (Å²) in [6, 6.07) is 17.9. The van der Waals surface area contributed by atoms with Crippen molar-refractivity contribution in [1.82, 2.24) is 0 Å². The molecule has 0 saturated carbocycles. The van der Waals surface area contributed by atoms with E-state index in [1.807, 2.05) is 48.5 Å².